The molecule has 0 aliphatic carbocycles. The van der Waals surface area contributed by atoms with Gasteiger partial charge in [-0.05, 0) is 37.2 Å². The molecule has 3 N–H and O–H groups in total. The number of nitrogens with zero attached hydrogens (tertiary/aromatic N) is 1. The Hall–Kier alpha value is -0.820. The highest BCUT2D eigenvalue weighted by Gasteiger charge is 2.22. The van der Waals surface area contributed by atoms with Crippen molar-refractivity contribution in [3.05, 3.63) is 0 Å². The fourth-order valence-electron chi connectivity index (χ4n) is 1.62. The second kappa shape index (κ2) is 5.88. The Kier molecular flexibility index (Phi) is 4.98. The van der Waals surface area contributed by atoms with Gasteiger partial charge >= 0.3 is 0 Å². The molecule has 0 aliphatic rings. The number of nitrogens with two attached hydrogens (primary N) is 1. The van der Waals surface area contributed by atoms with Gasteiger partial charge in [0.1, 0.15) is 9.90 Å². The summed E-state index contributed by atoms with van der Waals surface area (Å²) < 4.78 is 27.2. The van der Waals surface area contributed by atoms with Gasteiger partial charge in [0.2, 0.25) is 0 Å². The first-order valence-electron chi connectivity index (χ1n) is 5.93. The maximum Gasteiger partial charge on any atom is 0.182 e. The van der Waals surface area contributed by atoms with Crippen molar-refractivity contribution in [3.8, 4) is 0 Å². The molecule has 0 aromatic carbocycles. The third kappa shape index (κ3) is 4.13. The molecule has 1 aromatic rings. The smallest absolute Gasteiger partial charge is 0.182 e. The highest BCUT2D eigenvalue weighted by Crippen LogP contribution is 2.32. The maximum absolute atomic E-state index is 11.6. The van der Waals surface area contributed by atoms with E-state index in [0.717, 1.165) is 30.6 Å². The molecule has 0 amide bonds. The van der Waals surface area contributed by atoms with Crippen LogP contribution in [0, 0.1) is 5.92 Å². The predicted molar refractivity (Wildman–Crippen MR) is 76.8 cm³/mol. The maximum atomic E-state index is 11.6. The van der Waals surface area contributed by atoms with Crippen LogP contribution in [0.15, 0.2) is 4.90 Å². The van der Waals surface area contributed by atoms with E-state index in [2.05, 4.69) is 23.5 Å². The summed E-state index contributed by atoms with van der Waals surface area (Å²) in [6.45, 7) is 6.36. The average Bonchev–Trinajstić information content (AvgIpc) is 2.56. The largest absolute Gasteiger partial charge is 0.382 e. The summed E-state index contributed by atoms with van der Waals surface area (Å²) in [5.74, 6) is 0.719. The fraction of sp³-hybridized carbons (Fsp3) is 0.727. The lowest BCUT2D eigenvalue weighted by molar-refractivity contribution is 0.527. The van der Waals surface area contributed by atoms with Crippen LogP contribution in [0.25, 0.3) is 0 Å². The molecular formula is C11H21N3O2S2. The number of hydrogen-bond donors (Lipinski definition) is 2. The minimum absolute atomic E-state index is 0.0843. The molecule has 18 heavy (non-hydrogen) atoms. The second-order valence-electron chi connectivity index (χ2n) is 5.01. The molecule has 1 aromatic heterocycles. The van der Waals surface area contributed by atoms with E-state index < -0.39 is 9.84 Å². The van der Waals surface area contributed by atoms with Gasteiger partial charge in [0, 0.05) is 12.3 Å². The zero-order valence-electron chi connectivity index (χ0n) is 11.2. The molecular weight excluding hydrogens is 270 g/mol. The van der Waals surface area contributed by atoms with Gasteiger partial charge in [-0.3, -0.25) is 0 Å². The lowest BCUT2D eigenvalue weighted by Crippen LogP contribution is -2.16. The summed E-state index contributed by atoms with van der Waals surface area (Å²) in [6, 6.07) is 0.202. The third-order valence-corrected chi connectivity index (χ3v) is 4.68. The van der Waals surface area contributed by atoms with Crippen LogP contribution >= 0.6 is 11.5 Å². The number of nitrogen functional groups attached to an aromatic ring is 1. The minimum Gasteiger partial charge on any atom is -0.382 e. The van der Waals surface area contributed by atoms with Crippen LogP contribution in [0.1, 0.15) is 33.6 Å². The molecule has 0 radical (unpaired) electrons. The van der Waals surface area contributed by atoms with Gasteiger partial charge < -0.3 is 11.1 Å². The Morgan fingerprint density at radius 2 is 1.94 bits per heavy atom. The van der Waals surface area contributed by atoms with E-state index >= 15 is 0 Å². The molecule has 1 atom stereocenters. The predicted octanol–water partition coefficient (Wildman–Crippen LogP) is 2.37. The van der Waals surface area contributed by atoms with Crippen molar-refractivity contribution in [2.75, 3.05) is 17.3 Å². The molecule has 0 spiro atoms. The zero-order valence-corrected chi connectivity index (χ0v) is 12.9. The lowest BCUT2D eigenvalue weighted by Gasteiger charge is -2.15. The number of rotatable bonds is 6. The zero-order chi connectivity index (χ0) is 13.9. The number of nitrogens with one attached hydrogen (secondary N) is 1. The summed E-state index contributed by atoms with van der Waals surface area (Å²) in [4.78, 5) is 0.129. The summed E-state index contributed by atoms with van der Waals surface area (Å²) >= 11 is 1.10. The summed E-state index contributed by atoms with van der Waals surface area (Å²) in [5.41, 5.74) is 5.61. The van der Waals surface area contributed by atoms with E-state index in [-0.39, 0.29) is 16.8 Å². The van der Waals surface area contributed by atoms with Crippen LogP contribution < -0.4 is 11.1 Å². The van der Waals surface area contributed by atoms with Crippen LogP contribution in [0.2, 0.25) is 0 Å². The van der Waals surface area contributed by atoms with E-state index in [1.807, 2.05) is 6.92 Å². The number of anilines is 2. The van der Waals surface area contributed by atoms with Gasteiger partial charge in [0.05, 0.1) is 0 Å². The van der Waals surface area contributed by atoms with E-state index in [0.29, 0.717) is 10.9 Å². The molecule has 1 unspecified atom stereocenters. The van der Waals surface area contributed by atoms with Gasteiger partial charge in [-0.25, -0.2) is 8.42 Å². The molecule has 7 heteroatoms. The molecule has 0 saturated carbocycles. The second-order valence-corrected chi connectivity index (χ2v) is 7.74. The molecule has 0 bridgehead atoms. The molecule has 1 rings (SSSR count). The first kappa shape index (κ1) is 15.2. The van der Waals surface area contributed by atoms with Crippen molar-refractivity contribution in [3.63, 3.8) is 0 Å². The van der Waals surface area contributed by atoms with Crippen LogP contribution in [-0.4, -0.2) is 25.1 Å². The van der Waals surface area contributed by atoms with Gasteiger partial charge in [-0.15, -0.1) is 0 Å². The Balaban J connectivity index is 2.80. The first-order chi connectivity index (χ1) is 8.21. The Morgan fingerprint density at radius 1 is 1.33 bits per heavy atom. The van der Waals surface area contributed by atoms with Gasteiger partial charge in [0.15, 0.2) is 15.7 Å². The van der Waals surface area contributed by atoms with Crippen molar-refractivity contribution in [2.45, 2.75) is 44.6 Å². The highest BCUT2D eigenvalue weighted by molar-refractivity contribution is 7.91. The van der Waals surface area contributed by atoms with Crippen molar-refractivity contribution >= 4 is 32.2 Å². The molecule has 0 fully saturated rings. The SMILES string of the molecule is CC(C)CCC(C)Nc1snc(N)c1S(C)(=O)=O. The Morgan fingerprint density at radius 3 is 2.44 bits per heavy atom. The summed E-state index contributed by atoms with van der Waals surface area (Å²) in [5, 5.41) is 3.74. The quantitative estimate of drug-likeness (QED) is 0.840. The molecule has 0 aliphatic heterocycles. The molecule has 1 heterocycles. The molecule has 0 saturated heterocycles. The Labute approximate surface area is 113 Å². The summed E-state index contributed by atoms with van der Waals surface area (Å²) in [7, 11) is -3.34. The van der Waals surface area contributed by atoms with E-state index in [1.54, 1.807) is 0 Å². The molecule has 104 valence electrons. The van der Waals surface area contributed by atoms with Crippen molar-refractivity contribution in [1.29, 1.82) is 0 Å². The topological polar surface area (TPSA) is 85.1 Å². The molecule has 5 nitrogen and oxygen atoms in total. The van der Waals surface area contributed by atoms with Crippen molar-refractivity contribution in [2.24, 2.45) is 5.92 Å². The minimum atomic E-state index is -3.34. The van der Waals surface area contributed by atoms with Crippen molar-refractivity contribution < 1.29 is 8.42 Å². The van der Waals surface area contributed by atoms with Gasteiger partial charge in [0.25, 0.3) is 0 Å². The fourth-order valence-corrected chi connectivity index (χ4v) is 3.79. The monoisotopic (exact) mass is 291 g/mol. The van der Waals surface area contributed by atoms with E-state index in [1.165, 1.54) is 0 Å². The van der Waals surface area contributed by atoms with Crippen molar-refractivity contribution in [1.82, 2.24) is 4.37 Å². The average molecular weight is 291 g/mol. The normalized spacial score (nSPS) is 13.8. The lowest BCUT2D eigenvalue weighted by atomic mass is 10.0. The van der Waals surface area contributed by atoms with Crippen LogP contribution in [0.5, 0.6) is 0 Å². The summed E-state index contributed by atoms with van der Waals surface area (Å²) in [6.07, 6.45) is 3.23. The first-order valence-corrected chi connectivity index (χ1v) is 8.60. The van der Waals surface area contributed by atoms with Crippen LogP contribution in [0.4, 0.5) is 10.8 Å². The third-order valence-electron chi connectivity index (χ3n) is 2.60. The number of hydrogen-bond acceptors (Lipinski definition) is 6. The number of sulfone groups is 1. The standard InChI is InChI=1S/C11H21N3O2S2/c1-7(2)5-6-8(3)13-11-9(18(4,15)16)10(12)14-17-11/h7-8,13H,5-6H2,1-4H3,(H2,12,14). The Bertz CT molecular complexity index is 494. The van der Waals surface area contributed by atoms with Gasteiger partial charge in [-0.2, -0.15) is 4.37 Å². The van der Waals surface area contributed by atoms with Crippen LogP contribution in [0.3, 0.4) is 0 Å². The number of aromatic nitrogens is 1. The van der Waals surface area contributed by atoms with E-state index in [9.17, 15) is 8.42 Å². The van der Waals surface area contributed by atoms with E-state index in [4.69, 9.17) is 5.73 Å². The highest BCUT2D eigenvalue weighted by atomic mass is 32.2. The van der Waals surface area contributed by atoms with Crippen LogP contribution in [-0.2, 0) is 9.84 Å². The van der Waals surface area contributed by atoms with Gasteiger partial charge in [-0.1, -0.05) is 13.8 Å².